The second-order valence-electron chi connectivity index (χ2n) is 4.94. The van der Waals surface area contributed by atoms with E-state index in [-0.39, 0.29) is 12.2 Å². The molecule has 2 aliphatic carbocycles. The normalized spacial score (nSPS) is 25.2. The lowest BCUT2D eigenvalue weighted by molar-refractivity contribution is 0.141. The van der Waals surface area contributed by atoms with E-state index in [0.29, 0.717) is 0 Å². The Morgan fingerprint density at radius 2 is 0.733 bits per heavy atom. The van der Waals surface area contributed by atoms with Crippen LogP contribution in [0.5, 0.6) is 0 Å². The van der Waals surface area contributed by atoms with Crippen molar-refractivity contribution in [2.24, 2.45) is 0 Å². The first kappa shape index (κ1) is 13.0. The average molecular weight is 214 g/mol. The molecular weight excluding hydrogens is 188 g/mol. The van der Waals surface area contributed by atoms with Crippen LogP contribution in [-0.2, 0) is 0 Å². The van der Waals surface area contributed by atoms with Gasteiger partial charge < -0.3 is 10.2 Å². The summed E-state index contributed by atoms with van der Waals surface area (Å²) in [6.07, 6.45) is 13.2. The van der Waals surface area contributed by atoms with Crippen molar-refractivity contribution in [1.29, 1.82) is 0 Å². The van der Waals surface area contributed by atoms with Crippen LogP contribution in [-0.4, -0.2) is 22.4 Å². The van der Waals surface area contributed by atoms with Crippen LogP contribution in [0.2, 0.25) is 0 Å². The third kappa shape index (κ3) is 6.91. The fourth-order valence-corrected chi connectivity index (χ4v) is 2.34. The first-order valence-corrected chi connectivity index (χ1v) is 6.65. The second kappa shape index (κ2) is 8.12. The number of rotatable bonds is 0. The van der Waals surface area contributed by atoms with Crippen molar-refractivity contribution < 1.29 is 10.2 Å². The summed E-state index contributed by atoms with van der Waals surface area (Å²) in [5.41, 5.74) is 0. The van der Waals surface area contributed by atoms with Gasteiger partial charge in [-0.3, -0.25) is 0 Å². The van der Waals surface area contributed by atoms with Crippen LogP contribution in [0, 0.1) is 0 Å². The molecule has 0 radical (unpaired) electrons. The van der Waals surface area contributed by atoms with Gasteiger partial charge in [-0.05, 0) is 25.7 Å². The van der Waals surface area contributed by atoms with Crippen molar-refractivity contribution in [3.8, 4) is 0 Å². The van der Waals surface area contributed by atoms with Crippen LogP contribution >= 0.6 is 0 Å². The SMILES string of the molecule is OC1CCCC1.OC1CCCCCCC1. The van der Waals surface area contributed by atoms with Crippen LogP contribution < -0.4 is 0 Å². The van der Waals surface area contributed by atoms with E-state index in [1.54, 1.807) is 0 Å². The Bertz CT molecular complexity index is 133. The fourth-order valence-electron chi connectivity index (χ4n) is 2.34. The quantitative estimate of drug-likeness (QED) is 0.650. The lowest BCUT2D eigenvalue weighted by Gasteiger charge is -2.13. The Hall–Kier alpha value is -0.0800. The van der Waals surface area contributed by atoms with Gasteiger partial charge in [0, 0.05) is 0 Å². The van der Waals surface area contributed by atoms with Crippen molar-refractivity contribution in [3.05, 3.63) is 0 Å². The molecule has 0 aromatic carbocycles. The molecule has 0 bridgehead atoms. The summed E-state index contributed by atoms with van der Waals surface area (Å²) in [6.45, 7) is 0. The van der Waals surface area contributed by atoms with Gasteiger partial charge in [-0.1, -0.05) is 44.9 Å². The average Bonchev–Trinajstić information content (AvgIpc) is 2.64. The van der Waals surface area contributed by atoms with Gasteiger partial charge in [0.15, 0.2) is 0 Å². The molecule has 0 saturated heterocycles. The lowest BCUT2D eigenvalue weighted by Crippen LogP contribution is -2.07. The highest BCUT2D eigenvalue weighted by molar-refractivity contribution is 4.63. The smallest absolute Gasteiger partial charge is 0.0540 e. The highest BCUT2D eigenvalue weighted by Gasteiger charge is 2.09. The Morgan fingerprint density at radius 1 is 0.467 bits per heavy atom. The molecule has 2 aliphatic rings. The molecule has 0 aromatic rings. The van der Waals surface area contributed by atoms with E-state index in [4.69, 9.17) is 5.11 Å². The molecule has 0 atom stereocenters. The van der Waals surface area contributed by atoms with E-state index >= 15 is 0 Å². The zero-order chi connectivity index (χ0) is 10.9. The number of aliphatic hydroxyl groups excluding tert-OH is 2. The zero-order valence-electron chi connectivity index (χ0n) is 9.83. The monoisotopic (exact) mass is 214 g/mol. The second-order valence-corrected chi connectivity index (χ2v) is 4.94. The van der Waals surface area contributed by atoms with Gasteiger partial charge in [-0.2, -0.15) is 0 Å². The number of hydrogen-bond donors (Lipinski definition) is 2. The van der Waals surface area contributed by atoms with Gasteiger partial charge in [0.05, 0.1) is 12.2 Å². The van der Waals surface area contributed by atoms with E-state index in [1.165, 1.54) is 44.9 Å². The van der Waals surface area contributed by atoms with Crippen molar-refractivity contribution in [3.63, 3.8) is 0 Å². The molecule has 2 saturated carbocycles. The molecule has 0 aliphatic heterocycles. The highest BCUT2D eigenvalue weighted by Crippen LogP contribution is 2.17. The molecule has 2 nitrogen and oxygen atoms in total. The third-order valence-electron chi connectivity index (χ3n) is 3.40. The van der Waals surface area contributed by atoms with Crippen molar-refractivity contribution in [2.75, 3.05) is 0 Å². The van der Waals surface area contributed by atoms with Gasteiger partial charge in [0.1, 0.15) is 0 Å². The Balaban J connectivity index is 0.000000162. The first-order valence-electron chi connectivity index (χ1n) is 6.65. The highest BCUT2D eigenvalue weighted by atomic mass is 16.3. The van der Waals surface area contributed by atoms with Crippen LogP contribution in [0.3, 0.4) is 0 Å². The van der Waals surface area contributed by atoms with Crippen molar-refractivity contribution in [2.45, 2.75) is 82.8 Å². The molecule has 0 amide bonds. The summed E-state index contributed by atoms with van der Waals surface area (Å²) >= 11 is 0. The molecule has 0 spiro atoms. The number of aliphatic hydroxyl groups is 2. The van der Waals surface area contributed by atoms with E-state index < -0.39 is 0 Å². The molecule has 15 heavy (non-hydrogen) atoms. The van der Waals surface area contributed by atoms with Crippen LogP contribution in [0.15, 0.2) is 0 Å². The predicted molar refractivity (Wildman–Crippen MR) is 62.8 cm³/mol. The molecule has 2 heteroatoms. The summed E-state index contributed by atoms with van der Waals surface area (Å²) in [5, 5.41) is 17.9. The van der Waals surface area contributed by atoms with E-state index in [2.05, 4.69) is 0 Å². The van der Waals surface area contributed by atoms with Gasteiger partial charge in [-0.15, -0.1) is 0 Å². The summed E-state index contributed by atoms with van der Waals surface area (Å²) in [4.78, 5) is 0. The summed E-state index contributed by atoms with van der Waals surface area (Å²) in [6, 6.07) is 0. The van der Waals surface area contributed by atoms with Gasteiger partial charge in [0.25, 0.3) is 0 Å². The lowest BCUT2D eigenvalue weighted by atomic mass is 9.99. The van der Waals surface area contributed by atoms with Crippen LogP contribution in [0.25, 0.3) is 0 Å². The maximum absolute atomic E-state index is 9.21. The molecule has 2 N–H and O–H groups in total. The molecule has 90 valence electrons. The van der Waals surface area contributed by atoms with Crippen LogP contribution in [0.4, 0.5) is 0 Å². The standard InChI is InChI=1S/C8H16O.C5H10O/c9-8-6-4-2-1-3-5-7-8;6-5-3-1-2-4-5/h8-9H,1-7H2;5-6H,1-4H2. The Morgan fingerprint density at radius 3 is 1.13 bits per heavy atom. The third-order valence-corrected chi connectivity index (χ3v) is 3.40. The minimum absolute atomic E-state index is 0.0188. The zero-order valence-corrected chi connectivity index (χ0v) is 9.83. The maximum atomic E-state index is 9.21. The Kier molecular flexibility index (Phi) is 7.03. The van der Waals surface area contributed by atoms with Gasteiger partial charge in [-0.25, -0.2) is 0 Å². The van der Waals surface area contributed by atoms with E-state index in [1.807, 2.05) is 0 Å². The van der Waals surface area contributed by atoms with Crippen molar-refractivity contribution >= 4 is 0 Å². The largest absolute Gasteiger partial charge is 0.393 e. The molecule has 2 fully saturated rings. The summed E-state index contributed by atoms with van der Waals surface area (Å²) in [7, 11) is 0. The minimum Gasteiger partial charge on any atom is -0.393 e. The predicted octanol–water partition coefficient (Wildman–Crippen LogP) is 3.01. The fraction of sp³-hybridized carbons (Fsp3) is 1.00. The maximum Gasteiger partial charge on any atom is 0.0540 e. The minimum atomic E-state index is 0.0188. The molecule has 2 rings (SSSR count). The number of hydrogen-bond acceptors (Lipinski definition) is 2. The Labute approximate surface area is 93.7 Å². The van der Waals surface area contributed by atoms with E-state index in [0.717, 1.165) is 25.7 Å². The van der Waals surface area contributed by atoms with Gasteiger partial charge >= 0.3 is 0 Å². The first-order chi connectivity index (χ1) is 7.29. The van der Waals surface area contributed by atoms with Crippen molar-refractivity contribution in [1.82, 2.24) is 0 Å². The topological polar surface area (TPSA) is 40.5 Å². The molecule has 0 heterocycles. The van der Waals surface area contributed by atoms with E-state index in [9.17, 15) is 5.11 Å². The van der Waals surface area contributed by atoms with Gasteiger partial charge in [0.2, 0.25) is 0 Å². The van der Waals surface area contributed by atoms with Crippen LogP contribution in [0.1, 0.15) is 70.6 Å². The molecule has 0 aromatic heterocycles. The summed E-state index contributed by atoms with van der Waals surface area (Å²) in [5.74, 6) is 0. The molecular formula is C13H26O2. The summed E-state index contributed by atoms with van der Waals surface area (Å²) < 4.78 is 0. The molecule has 0 unspecified atom stereocenters.